The van der Waals surface area contributed by atoms with Crippen LogP contribution in [0.25, 0.3) is 38.9 Å². The fourth-order valence-electron chi connectivity index (χ4n) is 5.63. The summed E-state index contributed by atoms with van der Waals surface area (Å²) in [5.41, 5.74) is 5.62. The topological polar surface area (TPSA) is 90.2 Å². The highest BCUT2D eigenvalue weighted by atomic mass is 35.5. The first-order valence-electron chi connectivity index (χ1n) is 14.0. The molecule has 0 saturated carbocycles. The van der Waals surface area contributed by atoms with Crippen LogP contribution in [0, 0.1) is 0 Å². The van der Waals surface area contributed by atoms with Crippen molar-refractivity contribution in [2.75, 3.05) is 44.1 Å². The number of hydrogen-bond acceptors (Lipinski definition) is 7. The zero-order valence-corrected chi connectivity index (χ0v) is 26.3. The average Bonchev–Trinajstić information content (AvgIpc) is 3.51. The Balaban J connectivity index is 1.48. The van der Waals surface area contributed by atoms with Crippen molar-refractivity contribution in [1.82, 2.24) is 14.4 Å². The van der Waals surface area contributed by atoms with Crippen LogP contribution in [0.15, 0.2) is 67.6 Å². The van der Waals surface area contributed by atoms with Gasteiger partial charge in [0.05, 0.1) is 59.1 Å². The highest BCUT2D eigenvalue weighted by Crippen LogP contribution is 2.47. The third-order valence-corrected chi connectivity index (χ3v) is 8.45. The lowest BCUT2D eigenvalue weighted by molar-refractivity contribution is -0.111. The van der Waals surface area contributed by atoms with Crippen LogP contribution >= 0.6 is 23.2 Å². The first-order chi connectivity index (χ1) is 21.1. The molecule has 0 unspecified atom stereocenters. The van der Waals surface area contributed by atoms with E-state index in [0.717, 1.165) is 27.8 Å². The molecule has 0 aliphatic carbocycles. The molecule has 1 aliphatic heterocycles. The Hall–Kier alpha value is -4.31. The highest BCUT2D eigenvalue weighted by Gasteiger charge is 2.29. The lowest BCUT2D eigenvalue weighted by atomic mass is 10.0. The molecule has 0 spiro atoms. The number of amides is 1. The van der Waals surface area contributed by atoms with E-state index in [1.54, 1.807) is 18.5 Å². The van der Waals surface area contributed by atoms with Gasteiger partial charge in [0.2, 0.25) is 5.91 Å². The number of anilines is 2. The minimum atomic E-state index is -0.309. The molecule has 226 valence electrons. The molecule has 0 radical (unpaired) electrons. The first-order valence-corrected chi connectivity index (χ1v) is 14.7. The minimum absolute atomic E-state index is 0.290. The molecule has 5 aromatic rings. The summed E-state index contributed by atoms with van der Waals surface area (Å²) in [5.74, 6) is 0.579. The molecular formula is C33H31Cl2N5O4. The number of benzene rings is 2. The number of carbonyl (C=O) groups excluding carboxylic acids is 1. The van der Waals surface area contributed by atoms with Crippen LogP contribution in [0.1, 0.15) is 13.8 Å². The summed E-state index contributed by atoms with van der Waals surface area (Å²) in [4.78, 5) is 24.1. The van der Waals surface area contributed by atoms with Gasteiger partial charge in [-0.2, -0.15) is 0 Å². The maximum absolute atomic E-state index is 12.4. The predicted molar refractivity (Wildman–Crippen MR) is 176 cm³/mol. The number of nitrogens with zero attached hydrogens (tertiary/aromatic N) is 4. The summed E-state index contributed by atoms with van der Waals surface area (Å²) in [6, 6.07) is 11.6. The fourth-order valence-corrected chi connectivity index (χ4v) is 6.34. The van der Waals surface area contributed by atoms with Crippen molar-refractivity contribution in [1.29, 1.82) is 0 Å². The second kappa shape index (κ2) is 11.6. The van der Waals surface area contributed by atoms with Crippen molar-refractivity contribution in [3.05, 3.63) is 77.7 Å². The van der Waals surface area contributed by atoms with E-state index in [1.165, 1.54) is 20.3 Å². The molecule has 1 N–H and O–H groups in total. The Bertz CT molecular complexity index is 1910. The Kier molecular flexibility index (Phi) is 7.88. The molecule has 2 aromatic carbocycles. The number of imidazole rings is 1. The van der Waals surface area contributed by atoms with E-state index in [0.29, 0.717) is 63.7 Å². The van der Waals surface area contributed by atoms with Crippen LogP contribution in [0.4, 0.5) is 11.4 Å². The number of morpholine rings is 1. The zero-order valence-electron chi connectivity index (χ0n) is 24.8. The number of nitrogens with one attached hydrogen (secondary N) is 1. The minimum Gasteiger partial charge on any atom is -0.495 e. The molecule has 0 atom stereocenters. The number of hydrogen-bond donors (Lipinski definition) is 1. The number of ether oxygens (including phenoxy) is 3. The van der Waals surface area contributed by atoms with Gasteiger partial charge in [0.25, 0.3) is 0 Å². The predicted octanol–water partition coefficient (Wildman–Crippen LogP) is 7.28. The van der Waals surface area contributed by atoms with Gasteiger partial charge < -0.3 is 24.4 Å². The third kappa shape index (κ3) is 5.32. The van der Waals surface area contributed by atoms with Crippen LogP contribution < -0.4 is 19.7 Å². The molecule has 3 aromatic heterocycles. The van der Waals surface area contributed by atoms with E-state index in [1.807, 2.05) is 40.9 Å². The Morgan fingerprint density at radius 3 is 2.52 bits per heavy atom. The van der Waals surface area contributed by atoms with Crippen LogP contribution in [-0.4, -0.2) is 59.8 Å². The van der Waals surface area contributed by atoms with Gasteiger partial charge in [0, 0.05) is 59.8 Å². The summed E-state index contributed by atoms with van der Waals surface area (Å²) in [7, 11) is 3.08. The van der Waals surface area contributed by atoms with Gasteiger partial charge >= 0.3 is 0 Å². The van der Waals surface area contributed by atoms with Crippen molar-refractivity contribution >= 4 is 57.0 Å². The van der Waals surface area contributed by atoms with Gasteiger partial charge in [-0.25, -0.2) is 4.98 Å². The monoisotopic (exact) mass is 631 g/mol. The second-order valence-corrected chi connectivity index (χ2v) is 11.8. The number of methoxy groups -OCH3 is 2. The Morgan fingerprint density at radius 2 is 1.84 bits per heavy atom. The molecule has 11 heteroatoms. The van der Waals surface area contributed by atoms with Gasteiger partial charge in [0.1, 0.15) is 17.1 Å². The Labute approximate surface area is 265 Å². The van der Waals surface area contributed by atoms with E-state index in [4.69, 9.17) is 42.4 Å². The lowest BCUT2D eigenvalue weighted by Crippen LogP contribution is -2.48. The standard InChI is InChI=1S/C33H31Cl2N5O4/c1-6-28(41)38-23-14-19(7-8-24(23)39-11-12-44-33(2,3)18-39)22-15-25-20(17-37-22)13-21(32-36-9-10-40(25)32)29-30(34)26(42-4)16-27(43-5)31(29)35/h6-10,13-17H,1,11-12,18H2,2-5H3,(H,38,41). The van der Waals surface area contributed by atoms with Crippen LogP contribution in [-0.2, 0) is 9.53 Å². The maximum atomic E-state index is 12.4. The largest absolute Gasteiger partial charge is 0.495 e. The summed E-state index contributed by atoms with van der Waals surface area (Å²) in [5, 5.41) is 4.53. The normalized spacial score (nSPS) is 14.5. The first kappa shape index (κ1) is 29.7. The summed E-state index contributed by atoms with van der Waals surface area (Å²) in [6.45, 7) is 9.73. The lowest BCUT2D eigenvalue weighted by Gasteiger charge is -2.40. The molecule has 44 heavy (non-hydrogen) atoms. The van der Waals surface area contributed by atoms with Gasteiger partial charge in [-0.3, -0.25) is 14.2 Å². The quantitative estimate of drug-likeness (QED) is 0.189. The highest BCUT2D eigenvalue weighted by molar-refractivity contribution is 6.41. The number of fused-ring (bicyclic) bond motifs is 3. The smallest absolute Gasteiger partial charge is 0.247 e. The van der Waals surface area contributed by atoms with Gasteiger partial charge in [-0.05, 0) is 44.2 Å². The van der Waals surface area contributed by atoms with Crippen LogP contribution in [0.5, 0.6) is 11.5 Å². The molecule has 0 bridgehead atoms. The molecule has 4 heterocycles. The van der Waals surface area contributed by atoms with Crippen molar-refractivity contribution in [3.8, 4) is 33.9 Å². The third-order valence-electron chi connectivity index (χ3n) is 7.70. The number of rotatable bonds is 7. The summed E-state index contributed by atoms with van der Waals surface area (Å²) in [6.07, 6.45) is 6.66. The number of carbonyl (C=O) groups is 1. The maximum Gasteiger partial charge on any atom is 0.247 e. The number of pyridine rings is 2. The molecular weight excluding hydrogens is 601 g/mol. The van der Waals surface area contributed by atoms with Crippen LogP contribution in [0.3, 0.4) is 0 Å². The summed E-state index contributed by atoms with van der Waals surface area (Å²) >= 11 is 13.6. The van der Waals surface area contributed by atoms with Crippen molar-refractivity contribution < 1.29 is 19.0 Å². The van der Waals surface area contributed by atoms with E-state index in [9.17, 15) is 4.79 Å². The van der Waals surface area contributed by atoms with Crippen LogP contribution in [0.2, 0.25) is 10.0 Å². The van der Waals surface area contributed by atoms with E-state index < -0.39 is 0 Å². The van der Waals surface area contributed by atoms with E-state index in [-0.39, 0.29) is 11.5 Å². The molecule has 1 aliphatic rings. The van der Waals surface area contributed by atoms with Crippen molar-refractivity contribution in [2.24, 2.45) is 0 Å². The fraction of sp³-hybridized carbons (Fsp3) is 0.242. The Morgan fingerprint density at radius 1 is 1.09 bits per heavy atom. The molecule has 6 rings (SSSR count). The van der Waals surface area contributed by atoms with Crippen molar-refractivity contribution in [2.45, 2.75) is 19.4 Å². The number of aromatic nitrogens is 3. The second-order valence-electron chi connectivity index (χ2n) is 11.0. The average molecular weight is 633 g/mol. The molecule has 9 nitrogen and oxygen atoms in total. The van der Waals surface area contributed by atoms with E-state index in [2.05, 4.69) is 35.6 Å². The summed E-state index contributed by atoms with van der Waals surface area (Å²) < 4.78 is 18.9. The molecule has 1 fully saturated rings. The zero-order chi connectivity index (χ0) is 31.2. The SMILES string of the molecule is C=CC(=O)Nc1cc(-c2cc3c(cn2)cc(-c2c(Cl)c(OC)cc(OC)c2Cl)c2nccn23)ccc1N1CCOC(C)(C)C1. The van der Waals surface area contributed by atoms with Crippen molar-refractivity contribution in [3.63, 3.8) is 0 Å². The van der Waals surface area contributed by atoms with Gasteiger partial charge in [-0.1, -0.05) is 35.8 Å². The van der Waals surface area contributed by atoms with Gasteiger partial charge in [0.15, 0.2) is 0 Å². The molecule has 1 saturated heterocycles. The van der Waals surface area contributed by atoms with Gasteiger partial charge in [-0.15, -0.1) is 0 Å². The number of halogens is 2. The molecule has 1 amide bonds. The van der Waals surface area contributed by atoms with E-state index >= 15 is 0 Å².